The molecule has 2 heterocycles. The van der Waals surface area contributed by atoms with E-state index in [0.29, 0.717) is 6.04 Å². The van der Waals surface area contributed by atoms with E-state index in [2.05, 4.69) is 72.3 Å². The van der Waals surface area contributed by atoms with Crippen molar-refractivity contribution >= 4 is 7.05 Å². The van der Waals surface area contributed by atoms with E-state index in [9.17, 15) is 0 Å². The summed E-state index contributed by atoms with van der Waals surface area (Å²) < 4.78 is 6.61. The number of benzene rings is 2. The molecule has 2 aliphatic heterocycles. The molecule has 0 amide bonds. The standard InChI is InChI=1S/C18H20BNO.C2H6/c1-19-20-14-8-13-17(20)18(21-19,15-9-4-2-5-10-15)16-11-6-3-7-12-16;1-2/h2-7,9-12,17H,8,13-14H2,1H3;1-2H3. The maximum Gasteiger partial charge on any atom is 0.380 e. The molecule has 0 N–H and O–H groups in total. The topological polar surface area (TPSA) is 12.5 Å². The molecular formula is C20H26BNO. The molecule has 4 rings (SSSR count). The van der Waals surface area contributed by atoms with E-state index in [1.807, 2.05) is 13.8 Å². The fraction of sp³-hybridized carbons (Fsp3) is 0.400. The predicted octanol–water partition coefficient (Wildman–Crippen LogP) is 4.57. The molecular weight excluding hydrogens is 281 g/mol. The van der Waals surface area contributed by atoms with Gasteiger partial charge in [0, 0.05) is 6.04 Å². The SMILES string of the molecule is CB1OC(c2ccccc2)(c2ccccc2)C2CCCN12.CC. The van der Waals surface area contributed by atoms with Crippen LogP contribution in [0.4, 0.5) is 0 Å². The fourth-order valence-electron chi connectivity index (χ4n) is 4.14. The summed E-state index contributed by atoms with van der Waals surface area (Å²) in [7, 11) is 0.179. The van der Waals surface area contributed by atoms with Crippen LogP contribution in [0.3, 0.4) is 0 Å². The summed E-state index contributed by atoms with van der Waals surface area (Å²) in [5.74, 6) is 0. The van der Waals surface area contributed by atoms with Crippen LogP contribution in [0.25, 0.3) is 0 Å². The number of fused-ring (bicyclic) bond motifs is 1. The summed E-state index contributed by atoms with van der Waals surface area (Å²) in [6.45, 7) is 7.33. The Morgan fingerprint density at radius 3 is 2.00 bits per heavy atom. The van der Waals surface area contributed by atoms with Crippen molar-refractivity contribution in [2.45, 2.75) is 45.2 Å². The summed E-state index contributed by atoms with van der Waals surface area (Å²) >= 11 is 0. The highest BCUT2D eigenvalue weighted by Crippen LogP contribution is 2.48. The minimum absolute atomic E-state index is 0.179. The third kappa shape index (κ3) is 2.62. The van der Waals surface area contributed by atoms with Crippen molar-refractivity contribution in [3.05, 3.63) is 71.8 Å². The first-order valence-electron chi connectivity index (χ1n) is 8.87. The first-order valence-corrected chi connectivity index (χ1v) is 8.87. The van der Waals surface area contributed by atoms with Gasteiger partial charge in [-0.15, -0.1) is 0 Å². The molecule has 0 bridgehead atoms. The Morgan fingerprint density at radius 2 is 1.48 bits per heavy atom. The van der Waals surface area contributed by atoms with Crippen LogP contribution in [0.5, 0.6) is 0 Å². The lowest BCUT2D eigenvalue weighted by atomic mass is 9.79. The van der Waals surface area contributed by atoms with Crippen LogP contribution in [-0.4, -0.2) is 24.4 Å². The molecule has 2 aliphatic rings. The molecule has 1 unspecified atom stereocenters. The van der Waals surface area contributed by atoms with E-state index in [0.717, 1.165) is 6.54 Å². The Balaban J connectivity index is 0.000000753. The van der Waals surface area contributed by atoms with Crippen LogP contribution < -0.4 is 0 Å². The van der Waals surface area contributed by atoms with Crippen molar-refractivity contribution in [2.24, 2.45) is 0 Å². The van der Waals surface area contributed by atoms with Crippen LogP contribution in [0.1, 0.15) is 37.8 Å². The van der Waals surface area contributed by atoms with Crippen molar-refractivity contribution < 1.29 is 4.65 Å². The average molecular weight is 307 g/mol. The normalized spacial score (nSPS) is 22.4. The Kier molecular flexibility index (Phi) is 4.89. The predicted molar refractivity (Wildman–Crippen MR) is 97.4 cm³/mol. The number of hydrogen-bond acceptors (Lipinski definition) is 2. The average Bonchev–Trinajstić information content (AvgIpc) is 3.22. The zero-order chi connectivity index (χ0) is 16.3. The Bertz CT molecular complexity index is 577. The van der Waals surface area contributed by atoms with Crippen LogP contribution >= 0.6 is 0 Å². The summed E-state index contributed by atoms with van der Waals surface area (Å²) in [6.07, 6.45) is 2.47. The highest BCUT2D eigenvalue weighted by atomic mass is 16.5. The maximum atomic E-state index is 6.61. The molecule has 0 spiro atoms. The van der Waals surface area contributed by atoms with Gasteiger partial charge in [-0.05, 0) is 37.3 Å². The molecule has 0 aliphatic carbocycles. The van der Waals surface area contributed by atoms with Gasteiger partial charge in [-0.2, -0.15) is 0 Å². The molecule has 2 aromatic rings. The van der Waals surface area contributed by atoms with Crippen molar-refractivity contribution in [3.8, 4) is 0 Å². The fourth-order valence-corrected chi connectivity index (χ4v) is 4.14. The van der Waals surface area contributed by atoms with Gasteiger partial charge in [0.25, 0.3) is 0 Å². The highest BCUT2D eigenvalue weighted by molar-refractivity contribution is 6.48. The second-order valence-corrected chi connectivity index (χ2v) is 6.08. The molecule has 3 heteroatoms. The van der Waals surface area contributed by atoms with E-state index in [1.165, 1.54) is 24.0 Å². The number of nitrogens with zero attached hydrogens (tertiary/aromatic N) is 1. The maximum absolute atomic E-state index is 6.61. The van der Waals surface area contributed by atoms with Crippen molar-refractivity contribution in [3.63, 3.8) is 0 Å². The summed E-state index contributed by atoms with van der Waals surface area (Å²) in [4.78, 5) is 2.53. The first-order chi connectivity index (χ1) is 11.3. The smallest absolute Gasteiger partial charge is 0.380 e. The molecule has 2 fully saturated rings. The van der Waals surface area contributed by atoms with Gasteiger partial charge in [-0.25, -0.2) is 0 Å². The molecule has 0 aromatic heterocycles. The van der Waals surface area contributed by atoms with Crippen molar-refractivity contribution in [1.82, 2.24) is 4.81 Å². The van der Waals surface area contributed by atoms with Gasteiger partial charge < -0.3 is 9.47 Å². The Morgan fingerprint density at radius 1 is 0.957 bits per heavy atom. The lowest BCUT2D eigenvalue weighted by Crippen LogP contribution is -2.41. The molecule has 2 aromatic carbocycles. The second-order valence-electron chi connectivity index (χ2n) is 6.08. The molecule has 1 atom stereocenters. The molecule has 2 nitrogen and oxygen atoms in total. The van der Waals surface area contributed by atoms with Crippen LogP contribution in [0.15, 0.2) is 60.7 Å². The first kappa shape index (κ1) is 16.3. The highest BCUT2D eigenvalue weighted by Gasteiger charge is 2.56. The third-order valence-electron chi connectivity index (χ3n) is 4.99. The molecule has 23 heavy (non-hydrogen) atoms. The monoisotopic (exact) mass is 307 g/mol. The molecule has 0 radical (unpaired) electrons. The van der Waals surface area contributed by atoms with Gasteiger partial charge in [-0.3, -0.25) is 0 Å². The number of hydrogen-bond donors (Lipinski definition) is 0. The van der Waals surface area contributed by atoms with Gasteiger partial charge in [0.2, 0.25) is 0 Å². The summed E-state index contributed by atoms with van der Waals surface area (Å²) in [5, 5.41) is 0. The molecule has 120 valence electrons. The number of rotatable bonds is 2. The lowest BCUT2D eigenvalue weighted by Gasteiger charge is -2.36. The Hall–Kier alpha value is -1.58. The van der Waals surface area contributed by atoms with Gasteiger partial charge >= 0.3 is 7.05 Å². The third-order valence-corrected chi connectivity index (χ3v) is 4.99. The van der Waals surface area contributed by atoms with E-state index in [1.54, 1.807) is 0 Å². The quantitative estimate of drug-likeness (QED) is 0.754. The van der Waals surface area contributed by atoms with Gasteiger partial charge in [0.05, 0.1) is 0 Å². The molecule has 2 saturated heterocycles. The summed E-state index contributed by atoms with van der Waals surface area (Å²) in [6, 6.07) is 21.9. The van der Waals surface area contributed by atoms with Crippen LogP contribution in [-0.2, 0) is 10.3 Å². The van der Waals surface area contributed by atoms with E-state index in [4.69, 9.17) is 4.65 Å². The van der Waals surface area contributed by atoms with E-state index >= 15 is 0 Å². The van der Waals surface area contributed by atoms with Crippen molar-refractivity contribution in [1.29, 1.82) is 0 Å². The van der Waals surface area contributed by atoms with Gasteiger partial charge in [0.15, 0.2) is 0 Å². The van der Waals surface area contributed by atoms with E-state index < -0.39 is 0 Å². The van der Waals surface area contributed by atoms with Gasteiger partial charge in [-0.1, -0.05) is 74.5 Å². The lowest BCUT2D eigenvalue weighted by molar-refractivity contribution is 0.106. The minimum atomic E-state index is -0.321. The zero-order valence-corrected chi connectivity index (χ0v) is 14.4. The second kappa shape index (κ2) is 6.90. The minimum Gasteiger partial charge on any atom is -0.406 e. The van der Waals surface area contributed by atoms with E-state index in [-0.39, 0.29) is 12.7 Å². The zero-order valence-electron chi connectivity index (χ0n) is 14.4. The van der Waals surface area contributed by atoms with Gasteiger partial charge in [0.1, 0.15) is 5.60 Å². The Labute approximate surface area is 140 Å². The summed E-state index contributed by atoms with van der Waals surface area (Å²) in [5.41, 5.74) is 2.23. The largest absolute Gasteiger partial charge is 0.406 e. The van der Waals surface area contributed by atoms with Crippen molar-refractivity contribution in [2.75, 3.05) is 6.54 Å². The van der Waals surface area contributed by atoms with Crippen LogP contribution in [0, 0.1) is 0 Å². The molecule has 0 saturated carbocycles. The van der Waals surface area contributed by atoms with Crippen LogP contribution in [0.2, 0.25) is 6.82 Å².